The van der Waals surface area contributed by atoms with Gasteiger partial charge in [-0.1, -0.05) is 212 Å². The van der Waals surface area contributed by atoms with Crippen molar-refractivity contribution in [3.8, 4) is 78.9 Å². The van der Waals surface area contributed by atoms with Crippen LogP contribution in [0.1, 0.15) is 0 Å². The molecule has 0 N–H and O–H groups in total. The minimum Gasteiger partial charge on any atom is -0.307 e. The van der Waals surface area contributed by atoms with E-state index in [1.807, 2.05) is 18.2 Å². The molecule has 0 aliphatic heterocycles. The van der Waals surface area contributed by atoms with Gasteiger partial charge in [-0.15, -0.1) is 0 Å². The van der Waals surface area contributed by atoms with Crippen molar-refractivity contribution in [2.24, 2.45) is 0 Å². The van der Waals surface area contributed by atoms with E-state index in [0.717, 1.165) is 77.3 Å². The lowest BCUT2D eigenvalue weighted by atomic mass is 9.96. The van der Waals surface area contributed by atoms with Crippen molar-refractivity contribution >= 4 is 43.6 Å². The van der Waals surface area contributed by atoms with E-state index in [0.29, 0.717) is 17.6 Å². The first-order valence-corrected chi connectivity index (χ1v) is 23.0. The fraction of sp³-hybridized carbons (Fsp3) is 0. The average molecular weight is 868 g/mol. The molecule has 13 aromatic rings. The highest BCUT2D eigenvalue weighted by Crippen LogP contribution is 2.46. The first-order valence-electron chi connectivity index (χ1n) is 23.0. The van der Waals surface area contributed by atoms with Crippen LogP contribution in [0.15, 0.2) is 249 Å². The average Bonchev–Trinajstić information content (AvgIpc) is 3.95. The number of benzene rings is 10. The Labute approximate surface area is 393 Å². The highest BCUT2D eigenvalue weighted by atomic mass is 15.2. The lowest BCUT2D eigenvalue weighted by molar-refractivity contribution is 0.953. The van der Waals surface area contributed by atoms with Gasteiger partial charge in [0.15, 0.2) is 11.6 Å². The second-order valence-electron chi connectivity index (χ2n) is 17.2. The minimum atomic E-state index is 0.544. The van der Waals surface area contributed by atoms with Crippen molar-refractivity contribution in [1.29, 1.82) is 0 Å². The molecule has 0 amide bonds. The summed E-state index contributed by atoms with van der Waals surface area (Å²) in [5, 5.41) is 4.56. The van der Waals surface area contributed by atoms with E-state index in [-0.39, 0.29) is 0 Å². The Morgan fingerprint density at radius 1 is 0.265 bits per heavy atom. The number of para-hydroxylation sites is 2. The molecule has 5 heteroatoms. The molecule has 0 fully saturated rings. The molecule has 0 radical (unpaired) electrons. The molecular formula is C63H41N5. The van der Waals surface area contributed by atoms with Gasteiger partial charge in [0, 0.05) is 38.4 Å². The van der Waals surface area contributed by atoms with Crippen LogP contribution >= 0.6 is 0 Å². The SMILES string of the molecule is c1ccc(-c2ccc(-n3c4ccccc4c4cc(-c5ccccc5)c5c6ccccc6n(-c6nc(-c7ccccc7)nc(-c7ccc(-c8cccc(-c9ccccc9)c8)cc7)n6)c5c43)cc2)cc1. The van der Waals surface area contributed by atoms with E-state index in [1.165, 1.54) is 27.6 Å². The summed E-state index contributed by atoms with van der Waals surface area (Å²) >= 11 is 0. The van der Waals surface area contributed by atoms with Crippen molar-refractivity contribution < 1.29 is 0 Å². The molecule has 0 aliphatic carbocycles. The fourth-order valence-electron chi connectivity index (χ4n) is 9.98. The number of hydrogen-bond acceptors (Lipinski definition) is 3. The topological polar surface area (TPSA) is 48.5 Å². The number of nitrogens with zero attached hydrogens (tertiary/aromatic N) is 5. The Kier molecular flexibility index (Phi) is 9.43. The zero-order chi connectivity index (χ0) is 45.0. The quantitative estimate of drug-likeness (QED) is 0.153. The maximum atomic E-state index is 5.47. The second-order valence-corrected chi connectivity index (χ2v) is 17.2. The van der Waals surface area contributed by atoms with Crippen LogP contribution in [0.2, 0.25) is 0 Å². The summed E-state index contributed by atoms with van der Waals surface area (Å²) < 4.78 is 4.71. The zero-order valence-electron chi connectivity index (χ0n) is 36.9. The third-order valence-electron chi connectivity index (χ3n) is 13.2. The normalized spacial score (nSPS) is 11.5. The molecule has 0 saturated heterocycles. The van der Waals surface area contributed by atoms with Gasteiger partial charge in [-0.3, -0.25) is 4.57 Å². The van der Waals surface area contributed by atoms with Crippen LogP contribution in [0, 0.1) is 0 Å². The molecule has 13 rings (SSSR count). The summed E-state index contributed by atoms with van der Waals surface area (Å²) in [6.07, 6.45) is 0. The molecule has 0 unspecified atom stereocenters. The largest absolute Gasteiger partial charge is 0.307 e. The molecule has 3 aromatic heterocycles. The van der Waals surface area contributed by atoms with Crippen molar-refractivity contribution in [2.45, 2.75) is 0 Å². The summed E-state index contributed by atoms with van der Waals surface area (Å²) in [6, 6.07) is 88.2. The number of fused-ring (bicyclic) bond motifs is 7. The summed E-state index contributed by atoms with van der Waals surface area (Å²) in [6.45, 7) is 0. The van der Waals surface area contributed by atoms with E-state index < -0.39 is 0 Å². The van der Waals surface area contributed by atoms with Gasteiger partial charge in [-0.25, -0.2) is 4.98 Å². The highest BCUT2D eigenvalue weighted by Gasteiger charge is 2.26. The molecule has 0 spiro atoms. The predicted octanol–water partition coefficient (Wildman–Crippen LogP) is 16.1. The molecule has 0 bridgehead atoms. The summed E-state index contributed by atoms with van der Waals surface area (Å²) in [4.78, 5) is 16.1. The van der Waals surface area contributed by atoms with Crippen LogP contribution in [0.4, 0.5) is 0 Å². The van der Waals surface area contributed by atoms with E-state index in [4.69, 9.17) is 15.0 Å². The third-order valence-corrected chi connectivity index (χ3v) is 13.2. The lowest BCUT2D eigenvalue weighted by Gasteiger charge is -2.15. The molecule has 0 saturated carbocycles. The minimum absolute atomic E-state index is 0.544. The van der Waals surface area contributed by atoms with Crippen LogP contribution in [0.25, 0.3) is 123 Å². The number of aromatic nitrogens is 5. The molecule has 10 aromatic carbocycles. The zero-order valence-corrected chi connectivity index (χ0v) is 36.9. The van der Waals surface area contributed by atoms with Gasteiger partial charge in [0.25, 0.3) is 0 Å². The Bertz CT molecular complexity index is 3970. The van der Waals surface area contributed by atoms with Crippen molar-refractivity contribution in [2.75, 3.05) is 0 Å². The second kappa shape index (κ2) is 16.4. The van der Waals surface area contributed by atoms with Gasteiger partial charge in [0.05, 0.1) is 22.1 Å². The van der Waals surface area contributed by atoms with Gasteiger partial charge < -0.3 is 4.57 Å². The molecule has 0 aliphatic rings. The van der Waals surface area contributed by atoms with Crippen LogP contribution in [0.3, 0.4) is 0 Å². The van der Waals surface area contributed by atoms with Crippen LogP contribution in [-0.2, 0) is 0 Å². The first kappa shape index (κ1) is 39.2. The van der Waals surface area contributed by atoms with Crippen molar-refractivity contribution in [3.63, 3.8) is 0 Å². The molecule has 3 heterocycles. The molecule has 0 atom stereocenters. The highest BCUT2D eigenvalue weighted by molar-refractivity contribution is 6.28. The van der Waals surface area contributed by atoms with Gasteiger partial charge in [-0.05, 0) is 80.9 Å². The van der Waals surface area contributed by atoms with Crippen molar-refractivity contribution in [1.82, 2.24) is 24.1 Å². The van der Waals surface area contributed by atoms with Gasteiger partial charge in [0.1, 0.15) is 0 Å². The first-order chi connectivity index (χ1) is 33.7. The predicted molar refractivity (Wildman–Crippen MR) is 281 cm³/mol. The monoisotopic (exact) mass is 867 g/mol. The number of rotatable bonds is 8. The fourth-order valence-corrected chi connectivity index (χ4v) is 9.98. The van der Waals surface area contributed by atoms with E-state index in [1.54, 1.807) is 0 Å². The molecule has 318 valence electrons. The van der Waals surface area contributed by atoms with Crippen LogP contribution < -0.4 is 0 Å². The Morgan fingerprint density at radius 3 is 1.31 bits per heavy atom. The standard InChI is InChI=1S/C63H41N5/c1-5-18-42(19-6-1)44-36-38-51(39-37-44)67-56-30-15-13-28-52(56)55-41-54(46-22-9-3-10-23-46)58-53-29-14-16-31-57(53)68(60(58)59(55)67)63-65-61(47-24-11-4-12-25-47)64-62(66-63)48-34-32-45(33-35-48)50-27-17-26-49(40-50)43-20-7-2-8-21-43/h1-41H. The Hall–Kier alpha value is -9.19. The maximum Gasteiger partial charge on any atom is 0.238 e. The summed E-state index contributed by atoms with van der Waals surface area (Å²) in [5.41, 5.74) is 16.4. The summed E-state index contributed by atoms with van der Waals surface area (Å²) in [5.74, 6) is 1.74. The van der Waals surface area contributed by atoms with Crippen LogP contribution in [0.5, 0.6) is 0 Å². The Balaban J connectivity index is 1.08. The lowest BCUT2D eigenvalue weighted by Crippen LogP contribution is -2.07. The molecule has 68 heavy (non-hydrogen) atoms. The van der Waals surface area contributed by atoms with Crippen LogP contribution in [-0.4, -0.2) is 24.1 Å². The van der Waals surface area contributed by atoms with Gasteiger partial charge in [-0.2, -0.15) is 9.97 Å². The smallest absolute Gasteiger partial charge is 0.238 e. The van der Waals surface area contributed by atoms with Gasteiger partial charge >= 0.3 is 0 Å². The van der Waals surface area contributed by atoms with E-state index in [2.05, 4.69) is 240 Å². The van der Waals surface area contributed by atoms with E-state index >= 15 is 0 Å². The number of hydrogen-bond donors (Lipinski definition) is 0. The third kappa shape index (κ3) is 6.68. The molecule has 5 nitrogen and oxygen atoms in total. The Morgan fingerprint density at radius 2 is 0.691 bits per heavy atom. The maximum absolute atomic E-state index is 5.47. The van der Waals surface area contributed by atoms with Crippen molar-refractivity contribution in [3.05, 3.63) is 249 Å². The van der Waals surface area contributed by atoms with E-state index in [9.17, 15) is 0 Å². The summed E-state index contributed by atoms with van der Waals surface area (Å²) in [7, 11) is 0. The molecular weight excluding hydrogens is 827 g/mol. The van der Waals surface area contributed by atoms with Gasteiger partial charge in [0.2, 0.25) is 5.95 Å².